The Kier molecular flexibility index (Phi) is 3.38. The molecule has 0 rings (SSSR count). The fourth-order valence-corrected chi connectivity index (χ4v) is 1.19. The van der Waals surface area contributed by atoms with Crippen LogP contribution in [0.15, 0.2) is 0 Å². The smallest absolute Gasteiger partial charge is 0.0640 e. The van der Waals surface area contributed by atoms with Crippen molar-refractivity contribution in [3.8, 4) is 6.07 Å². The fourth-order valence-electron chi connectivity index (χ4n) is 1.19. The first-order valence-corrected chi connectivity index (χ1v) is 3.64. The Labute approximate surface area is 63.0 Å². The van der Waals surface area contributed by atoms with E-state index in [0.717, 1.165) is 6.42 Å². The van der Waals surface area contributed by atoms with E-state index < -0.39 is 0 Å². The largest absolute Gasteiger partial charge is 0.324 e. The standard InChI is InChI=1S/C8H16N2/c1-7(2)6-8(3,10)4-5-9/h7H,4,6,10H2,1-3H3. The monoisotopic (exact) mass is 140 g/mol. The number of hydrogen-bond donors (Lipinski definition) is 1. The molecule has 1 unspecified atom stereocenters. The summed E-state index contributed by atoms with van der Waals surface area (Å²) in [5, 5.41) is 8.38. The molecule has 0 amide bonds. The highest BCUT2D eigenvalue weighted by atomic mass is 14.7. The van der Waals surface area contributed by atoms with Gasteiger partial charge >= 0.3 is 0 Å². The SMILES string of the molecule is CC(C)CC(C)(N)CC#N. The van der Waals surface area contributed by atoms with Crippen molar-refractivity contribution < 1.29 is 0 Å². The summed E-state index contributed by atoms with van der Waals surface area (Å²) in [5.41, 5.74) is 5.52. The number of rotatable bonds is 3. The lowest BCUT2D eigenvalue weighted by atomic mass is 9.89. The molecule has 1 atom stereocenters. The van der Waals surface area contributed by atoms with E-state index in [1.165, 1.54) is 0 Å². The Hall–Kier alpha value is -0.550. The van der Waals surface area contributed by atoms with Gasteiger partial charge in [-0.15, -0.1) is 0 Å². The number of nitriles is 1. The molecule has 0 radical (unpaired) electrons. The molecular formula is C8H16N2. The predicted molar refractivity (Wildman–Crippen MR) is 42.3 cm³/mol. The van der Waals surface area contributed by atoms with Crippen LogP contribution in [0.1, 0.15) is 33.6 Å². The van der Waals surface area contributed by atoms with Gasteiger partial charge in [-0.05, 0) is 19.3 Å². The summed E-state index contributed by atoms with van der Waals surface area (Å²) in [6, 6.07) is 2.09. The molecule has 0 saturated heterocycles. The highest BCUT2D eigenvalue weighted by Gasteiger charge is 2.18. The highest BCUT2D eigenvalue weighted by Crippen LogP contribution is 2.16. The van der Waals surface area contributed by atoms with E-state index in [1.807, 2.05) is 6.92 Å². The first-order valence-electron chi connectivity index (χ1n) is 3.64. The molecule has 0 aromatic heterocycles. The molecule has 0 saturated carbocycles. The van der Waals surface area contributed by atoms with Gasteiger partial charge in [0.25, 0.3) is 0 Å². The van der Waals surface area contributed by atoms with Crippen LogP contribution in [0.3, 0.4) is 0 Å². The molecule has 2 heteroatoms. The molecule has 2 N–H and O–H groups in total. The molecular weight excluding hydrogens is 124 g/mol. The molecule has 2 nitrogen and oxygen atoms in total. The maximum absolute atomic E-state index is 8.38. The molecule has 0 spiro atoms. The van der Waals surface area contributed by atoms with Crippen LogP contribution in [0.5, 0.6) is 0 Å². The van der Waals surface area contributed by atoms with Gasteiger partial charge in [0, 0.05) is 5.54 Å². The lowest BCUT2D eigenvalue weighted by molar-refractivity contribution is 0.376. The quantitative estimate of drug-likeness (QED) is 0.648. The molecule has 0 fully saturated rings. The minimum absolute atomic E-state index is 0.289. The molecule has 10 heavy (non-hydrogen) atoms. The van der Waals surface area contributed by atoms with Gasteiger partial charge in [-0.3, -0.25) is 0 Å². The second kappa shape index (κ2) is 3.58. The zero-order valence-corrected chi connectivity index (χ0v) is 7.02. The van der Waals surface area contributed by atoms with Gasteiger partial charge in [-0.1, -0.05) is 13.8 Å². The zero-order chi connectivity index (χ0) is 8.20. The molecule has 58 valence electrons. The van der Waals surface area contributed by atoms with Crippen molar-refractivity contribution in [2.24, 2.45) is 11.7 Å². The van der Waals surface area contributed by atoms with Crippen molar-refractivity contribution in [1.82, 2.24) is 0 Å². The Bertz CT molecular complexity index is 131. The Morgan fingerprint density at radius 1 is 1.60 bits per heavy atom. The number of nitrogens with two attached hydrogens (primary N) is 1. The molecule has 0 heterocycles. The fraction of sp³-hybridized carbons (Fsp3) is 0.875. The number of nitrogens with zero attached hydrogens (tertiary/aromatic N) is 1. The van der Waals surface area contributed by atoms with Crippen molar-refractivity contribution in [1.29, 1.82) is 5.26 Å². The van der Waals surface area contributed by atoms with Crippen LogP contribution in [0.2, 0.25) is 0 Å². The van der Waals surface area contributed by atoms with E-state index in [-0.39, 0.29) is 5.54 Å². The van der Waals surface area contributed by atoms with Gasteiger partial charge in [-0.2, -0.15) is 5.26 Å². The van der Waals surface area contributed by atoms with Crippen molar-refractivity contribution in [3.05, 3.63) is 0 Å². The van der Waals surface area contributed by atoms with E-state index in [9.17, 15) is 0 Å². The van der Waals surface area contributed by atoms with E-state index in [0.29, 0.717) is 12.3 Å². The lowest BCUT2D eigenvalue weighted by Gasteiger charge is -2.22. The van der Waals surface area contributed by atoms with E-state index in [1.54, 1.807) is 0 Å². The first kappa shape index (κ1) is 9.45. The normalized spacial score (nSPS) is 16.4. The minimum Gasteiger partial charge on any atom is -0.324 e. The van der Waals surface area contributed by atoms with Crippen molar-refractivity contribution >= 4 is 0 Å². The summed E-state index contributed by atoms with van der Waals surface area (Å²) in [7, 11) is 0. The lowest BCUT2D eigenvalue weighted by Crippen LogP contribution is -2.36. The summed E-state index contributed by atoms with van der Waals surface area (Å²) < 4.78 is 0. The van der Waals surface area contributed by atoms with Crippen molar-refractivity contribution in [2.75, 3.05) is 0 Å². The zero-order valence-electron chi connectivity index (χ0n) is 7.02. The Balaban J connectivity index is 3.77. The van der Waals surface area contributed by atoms with E-state index in [2.05, 4.69) is 19.9 Å². The minimum atomic E-state index is -0.289. The second-order valence-corrected chi connectivity index (χ2v) is 3.59. The highest BCUT2D eigenvalue weighted by molar-refractivity contribution is 4.89. The third-order valence-electron chi connectivity index (χ3n) is 1.36. The Morgan fingerprint density at radius 3 is 2.40 bits per heavy atom. The molecule has 0 aromatic rings. The maximum Gasteiger partial charge on any atom is 0.0640 e. The Morgan fingerprint density at radius 2 is 2.10 bits per heavy atom. The van der Waals surface area contributed by atoms with Gasteiger partial charge in [0.1, 0.15) is 0 Å². The van der Waals surface area contributed by atoms with Crippen LogP contribution in [0.4, 0.5) is 0 Å². The molecule has 0 bridgehead atoms. The summed E-state index contributed by atoms with van der Waals surface area (Å²) in [5.74, 6) is 0.573. The maximum atomic E-state index is 8.38. The second-order valence-electron chi connectivity index (χ2n) is 3.59. The summed E-state index contributed by atoms with van der Waals surface area (Å²) in [6.45, 7) is 6.15. The topological polar surface area (TPSA) is 49.8 Å². The van der Waals surface area contributed by atoms with Gasteiger partial charge in [0.15, 0.2) is 0 Å². The van der Waals surface area contributed by atoms with Crippen LogP contribution in [-0.2, 0) is 0 Å². The van der Waals surface area contributed by atoms with E-state index >= 15 is 0 Å². The molecule has 0 aliphatic carbocycles. The van der Waals surface area contributed by atoms with E-state index in [4.69, 9.17) is 11.0 Å². The third kappa shape index (κ3) is 4.34. The van der Waals surface area contributed by atoms with Crippen LogP contribution >= 0.6 is 0 Å². The van der Waals surface area contributed by atoms with Crippen LogP contribution < -0.4 is 5.73 Å². The molecule has 0 aliphatic heterocycles. The van der Waals surface area contributed by atoms with Crippen LogP contribution in [0, 0.1) is 17.2 Å². The summed E-state index contributed by atoms with van der Waals surface area (Å²) >= 11 is 0. The van der Waals surface area contributed by atoms with Crippen LogP contribution in [0.25, 0.3) is 0 Å². The summed E-state index contributed by atoms with van der Waals surface area (Å²) in [4.78, 5) is 0. The molecule has 0 aromatic carbocycles. The first-order chi connectivity index (χ1) is 4.48. The molecule has 0 aliphatic rings. The average molecular weight is 140 g/mol. The van der Waals surface area contributed by atoms with Gasteiger partial charge in [0.05, 0.1) is 12.5 Å². The third-order valence-corrected chi connectivity index (χ3v) is 1.36. The van der Waals surface area contributed by atoms with Crippen molar-refractivity contribution in [3.63, 3.8) is 0 Å². The predicted octanol–water partition coefficient (Wildman–Crippen LogP) is 1.66. The van der Waals surface area contributed by atoms with Gasteiger partial charge in [0.2, 0.25) is 0 Å². The van der Waals surface area contributed by atoms with Gasteiger partial charge in [-0.25, -0.2) is 0 Å². The summed E-state index contributed by atoms with van der Waals surface area (Å²) in [6.07, 6.45) is 1.37. The van der Waals surface area contributed by atoms with Crippen LogP contribution in [-0.4, -0.2) is 5.54 Å². The average Bonchev–Trinajstić information content (AvgIpc) is 1.59. The van der Waals surface area contributed by atoms with Crippen molar-refractivity contribution in [2.45, 2.75) is 39.2 Å². The number of hydrogen-bond acceptors (Lipinski definition) is 2. The van der Waals surface area contributed by atoms with Gasteiger partial charge < -0.3 is 5.73 Å².